The maximum Gasteiger partial charge on any atom is 0.258 e. The number of benzene rings is 1. The molecule has 0 unspecified atom stereocenters. The van der Waals surface area contributed by atoms with Crippen molar-refractivity contribution >= 4 is 17.5 Å². The first-order chi connectivity index (χ1) is 12.1. The fraction of sp³-hybridized carbons (Fsp3) is 0.111. The summed E-state index contributed by atoms with van der Waals surface area (Å²) in [5.41, 5.74) is 2.32. The number of hydrogen-bond acceptors (Lipinski definition) is 4. The third-order valence-electron chi connectivity index (χ3n) is 3.70. The molecule has 2 aromatic heterocycles. The molecule has 0 aliphatic carbocycles. The highest BCUT2D eigenvalue weighted by Gasteiger charge is 2.13. The molecule has 126 valence electrons. The van der Waals surface area contributed by atoms with Crippen LogP contribution >= 0.6 is 0 Å². The van der Waals surface area contributed by atoms with Gasteiger partial charge in [-0.2, -0.15) is 5.10 Å². The molecule has 0 atom stereocenters. The van der Waals surface area contributed by atoms with Gasteiger partial charge < -0.3 is 10.6 Å². The van der Waals surface area contributed by atoms with Gasteiger partial charge in [0.15, 0.2) is 5.82 Å². The third kappa shape index (κ3) is 3.55. The van der Waals surface area contributed by atoms with E-state index in [4.69, 9.17) is 0 Å². The summed E-state index contributed by atoms with van der Waals surface area (Å²) >= 11 is 0. The lowest BCUT2D eigenvalue weighted by atomic mass is 10.1. The van der Waals surface area contributed by atoms with E-state index in [1.54, 1.807) is 43.7 Å². The number of carbonyl (C=O) groups excluding carboxylic acids is 2. The van der Waals surface area contributed by atoms with Gasteiger partial charge in [-0.25, -0.2) is 9.67 Å². The van der Waals surface area contributed by atoms with Crippen LogP contribution in [0.1, 0.15) is 26.3 Å². The molecule has 0 aliphatic rings. The van der Waals surface area contributed by atoms with Gasteiger partial charge >= 0.3 is 0 Å². The maximum absolute atomic E-state index is 12.5. The SMILES string of the molecule is CNC(=O)c1ccc(C)c(NC(=O)c2cnn(-c3ccccn3)c2)c1. The zero-order valence-electron chi connectivity index (χ0n) is 13.9. The average molecular weight is 335 g/mol. The van der Waals surface area contributed by atoms with Gasteiger partial charge in [-0.05, 0) is 36.8 Å². The fourth-order valence-corrected chi connectivity index (χ4v) is 2.29. The van der Waals surface area contributed by atoms with Crippen LogP contribution in [0.4, 0.5) is 5.69 Å². The van der Waals surface area contributed by atoms with Crippen LogP contribution in [0, 0.1) is 6.92 Å². The van der Waals surface area contributed by atoms with Gasteiger partial charge in [0.1, 0.15) is 0 Å². The minimum atomic E-state index is -0.306. The van der Waals surface area contributed by atoms with Gasteiger partial charge in [0.2, 0.25) is 0 Å². The van der Waals surface area contributed by atoms with Crippen molar-refractivity contribution in [3.63, 3.8) is 0 Å². The molecule has 0 bridgehead atoms. The number of aryl methyl sites for hydroxylation is 1. The number of amides is 2. The second-order valence-electron chi connectivity index (χ2n) is 5.42. The van der Waals surface area contributed by atoms with Crippen LogP contribution in [0.3, 0.4) is 0 Å². The maximum atomic E-state index is 12.5. The van der Waals surface area contributed by atoms with Gasteiger partial charge in [-0.15, -0.1) is 0 Å². The molecular weight excluding hydrogens is 318 g/mol. The van der Waals surface area contributed by atoms with Gasteiger partial charge in [0, 0.05) is 30.7 Å². The van der Waals surface area contributed by atoms with E-state index in [2.05, 4.69) is 20.7 Å². The zero-order valence-corrected chi connectivity index (χ0v) is 13.9. The monoisotopic (exact) mass is 335 g/mol. The first-order valence-electron chi connectivity index (χ1n) is 7.68. The molecule has 1 aromatic carbocycles. The lowest BCUT2D eigenvalue weighted by Crippen LogP contribution is -2.19. The lowest BCUT2D eigenvalue weighted by Gasteiger charge is -2.09. The highest BCUT2D eigenvalue weighted by Crippen LogP contribution is 2.18. The highest BCUT2D eigenvalue weighted by atomic mass is 16.2. The highest BCUT2D eigenvalue weighted by molar-refractivity contribution is 6.05. The van der Waals surface area contributed by atoms with Gasteiger partial charge in [-0.3, -0.25) is 9.59 Å². The van der Waals surface area contributed by atoms with Crippen LogP contribution in [-0.2, 0) is 0 Å². The predicted octanol–water partition coefficient (Wildman–Crippen LogP) is 2.19. The van der Waals surface area contributed by atoms with E-state index < -0.39 is 0 Å². The number of anilines is 1. The number of nitrogens with zero attached hydrogens (tertiary/aromatic N) is 3. The Morgan fingerprint density at radius 3 is 2.64 bits per heavy atom. The second-order valence-corrected chi connectivity index (χ2v) is 5.42. The zero-order chi connectivity index (χ0) is 17.8. The van der Waals surface area contributed by atoms with Crippen LogP contribution < -0.4 is 10.6 Å². The van der Waals surface area contributed by atoms with E-state index in [-0.39, 0.29) is 11.8 Å². The molecule has 0 saturated heterocycles. The molecule has 3 rings (SSSR count). The summed E-state index contributed by atoms with van der Waals surface area (Å²) in [4.78, 5) is 28.4. The first-order valence-corrected chi connectivity index (χ1v) is 7.68. The van der Waals surface area contributed by atoms with E-state index in [1.807, 2.05) is 19.1 Å². The van der Waals surface area contributed by atoms with Gasteiger partial charge in [0.05, 0.1) is 11.8 Å². The molecule has 0 spiro atoms. The number of pyridine rings is 1. The third-order valence-corrected chi connectivity index (χ3v) is 3.70. The normalized spacial score (nSPS) is 10.3. The van der Waals surface area contributed by atoms with Crippen molar-refractivity contribution in [1.29, 1.82) is 0 Å². The Hall–Kier alpha value is -3.48. The summed E-state index contributed by atoms with van der Waals surface area (Å²) in [6.45, 7) is 1.86. The summed E-state index contributed by atoms with van der Waals surface area (Å²) in [7, 11) is 1.56. The first kappa shape index (κ1) is 16.4. The molecule has 0 saturated carbocycles. The molecule has 0 fully saturated rings. The molecule has 2 N–H and O–H groups in total. The van der Waals surface area contributed by atoms with E-state index >= 15 is 0 Å². The second kappa shape index (κ2) is 6.96. The van der Waals surface area contributed by atoms with Crippen molar-refractivity contribution in [2.24, 2.45) is 0 Å². The molecule has 3 aromatic rings. The molecule has 2 heterocycles. The summed E-state index contributed by atoms with van der Waals surface area (Å²) in [5.74, 6) is 0.108. The van der Waals surface area contributed by atoms with E-state index in [1.165, 1.54) is 10.9 Å². The number of rotatable bonds is 4. The van der Waals surface area contributed by atoms with Crippen molar-refractivity contribution in [1.82, 2.24) is 20.1 Å². The minimum absolute atomic E-state index is 0.210. The Morgan fingerprint density at radius 1 is 1.08 bits per heavy atom. The Balaban J connectivity index is 1.81. The van der Waals surface area contributed by atoms with Crippen LogP contribution in [0.25, 0.3) is 5.82 Å². The molecule has 25 heavy (non-hydrogen) atoms. The van der Waals surface area contributed by atoms with Crippen molar-refractivity contribution in [2.75, 3.05) is 12.4 Å². The quantitative estimate of drug-likeness (QED) is 0.765. The van der Waals surface area contributed by atoms with Crippen LogP contribution in [-0.4, -0.2) is 33.6 Å². The molecule has 0 radical (unpaired) electrons. The summed E-state index contributed by atoms with van der Waals surface area (Å²) < 4.78 is 1.53. The fourth-order valence-electron chi connectivity index (χ4n) is 2.29. The Bertz CT molecular complexity index is 918. The summed E-state index contributed by atoms with van der Waals surface area (Å²) in [6, 6.07) is 10.6. The van der Waals surface area contributed by atoms with Crippen LogP contribution in [0.5, 0.6) is 0 Å². The van der Waals surface area contributed by atoms with Crippen molar-refractivity contribution in [3.05, 3.63) is 71.7 Å². The topological polar surface area (TPSA) is 88.9 Å². The average Bonchev–Trinajstić information content (AvgIpc) is 3.14. The van der Waals surface area contributed by atoms with Crippen LogP contribution in [0.2, 0.25) is 0 Å². The Labute approximate surface area is 144 Å². The van der Waals surface area contributed by atoms with Crippen molar-refractivity contribution in [3.8, 4) is 5.82 Å². The number of aromatic nitrogens is 3. The largest absolute Gasteiger partial charge is 0.355 e. The number of hydrogen-bond donors (Lipinski definition) is 2. The smallest absolute Gasteiger partial charge is 0.258 e. The number of nitrogens with one attached hydrogen (secondary N) is 2. The Morgan fingerprint density at radius 2 is 1.92 bits per heavy atom. The van der Waals surface area contributed by atoms with E-state index in [0.717, 1.165) is 5.56 Å². The molecule has 7 nitrogen and oxygen atoms in total. The van der Waals surface area contributed by atoms with E-state index in [9.17, 15) is 9.59 Å². The van der Waals surface area contributed by atoms with Crippen LogP contribution in [0.15, 0.2) is 55.0 Å². The molecular formula is C18H17N5O2. The van der Waals surface area contributed by atoms with Gasteiger partial charge in [-0.1, -0.05) is 12.1 Å². The van der Waals surface area contributed by atoms with Gasteiger partial charge in [0.25, 0.3) is 11.8 Å². The number of carbonyl (C=O) groups is 2. The molecule has 2 amide bonds. The predicted molar refractivity (Wildman–Crippen MR) is 93.9 cm³/mol. The van der Waals surface area contributed by atoms with Crippen molar-refractivity contribution in [2.45, 2.75) is 6.92 Å². The Kier molecular flexibility index (Phi) is 4.56. The molecule has 7 heteroatoms. The minimum Gasteiger partial charge on any atom is -0.355 e. The summed E-state index contributed by atoms with van der Waals surface area (Å²) in [5, 5.41) is 9.54. The summed E-state index contributed by atoms with van der Waals surface area (Å²) in [6.07, 6.45) is 4.74. The van der Waals surface area contributed by atoms with Crippen molar-refractivity contribution < 1.29 is 9.59 Å². The lowest BCUT2D eigenvalue weighted by molar-refractivity contribution is 0.0961. The molecule has 0 aliphatic heterocycles. The standard InChI is InChI=1S/C18H17N5O2/c1-12-6-7-13(17(24)19-2)9-15(12)22-18(25)14-10-21-23(11-14)16-5-3-4-8-20-16/h3-11H,1-2H3,(H,19,24)(H,22,25). The van der Waals surface area contributed by atoms with E-state index in [0.29, 0.717) is 22.6 Å².